The highest BCUT2D eigenvalue weighted by Crippen LogP contribution is 2.14. The Morgan fingerprint density at radius 1 is 0.714 bits per heavy atom. The van der Waals surface area contributed by atoms with Crippen LogP contribution in [-0.4, -0.2) is 115 Å². The minimum absolute atomic E-state index is 0.214. The van der Waals surface area contributed by atoms with Gasteiger partial charge >= 0.3 is 42.5 Å². The van der Waals surface area contributed by atoms with Crippen molar-refractivity contribution in [3.63, 3.8) is 0 Å². The Kier molecular flexibility index (Phi) is 31.6. The fourth-order valence-electron chi connectivity index (χ4n) is 2.28. The zero-order valence-corrected chi connectivity index (χ0v) is 26.1. The second kappa shape index (κ2) is 30.0. The molecule has 0 aliphatic carbocycles. The normalized spacial score (nSPS) is 11.7. The topological polar surface area (TPSA) is 268 Å². The Balaban J connectivity index is -0.000000386. The van der Waals surface area contributed by atoms with Gasteiger partial charge in [-0.1, -0.05) is 12.8 Å². The third-order valence-electron chi connectivity index (χ3n) is 4.59. The number of nitrogens with one attached hydrogen (secondary N) is 4. The van der Waals surface area contributed by atoms with Crippen LogP contribution in [0.3, 0.4) is 0 Å². The van der Waals surface area contributed by atoms with Crippen LogP contribution in [0.15, 0.2) is 4.99 Å². The highest BCUT2D eigenvalue weighted by Gasteiger charge is 2.39. The summed E-state index contributed by atoms with van der Waals surface area (Å²) in [6, 6.07) is 0.214. The molecule has 0 unspecified atom stereocenters. The number of alkyl carbamates (subject to hydrolysis) is 1. The van der Waals surface area contributed by atoms with E-state index in [9.17, 15) is 49.1 Å². The van der Waals surface area contributed by atoms with Gasteiger partial charge in [-0.3, -0.25) is 9.79 Å². The highest BCUT2D eigenvalue weighted by atomic mass is 19.4. The summed E-state index contributed by atoms with van der Waals surface area (Å²) in [7, 11) is 0. The molecule has 49 heavy (non-hydrogen) atoms. The van der Waals surface area contributed by atoms with Crippen molar-refractivity contribution in [2.75, 3.05) is 39.3 Å². The summed E-state index contributed by atoms with van der Waals surface area (Å²) < 4.78 is 100. The van der Waals surface area contributed by atoms with Crippen LogP contribution in [0.4, 0.5) is 44.3 Å². The second-order valence-corrected chi connectivity index (χ2v) is 9.10. The number of nitrogens with two attached hydrogens (primary N) is 2. The molecule has 0 aliphatic rings. The van der Waals surface area contributed by atoms with E-state index in [-0.39, 0.29) is 18.6 Å². The lowest BCUT2D eigenvalue weighted by molar-refractivity contribution is -0.193. The number of rotatable bonds is 18. The number of carbonyl (C=O) groups is 5. The van der Waals surface area contributed by atoms with Crippen molar-refractivity contribution in [3.8, 4) is 0 Å². The number of hydrazine groups is 1. The van der Waals surface area contributed by atoms with Crippen LogP contribution in [0.2, 0.25) is 0 Å². The average molecular weight is 744 g/mol. The molecule has 0 fully saturated rings. The van der Waals surface area contributed by atoms with Crippen LogP contribution in [0.25, 0.3) is 0 Å². The predicted molar refractivity (Wildman–Crippen MR) is 153 cm³/mol. The first-order valence-corrected chi connectivity index (χ1v) is 13.9. The van der Waals surface area contributed by atoms with E-state index in [0.717, 1.165) is 64.6 Å². The molecule has 16 nitrogen and oxygen atoms in total. The molecule has 0 aromatic heterocycles. The van der Waals surface area contributed by atoms with E-state index in [4.69, 9.17) is 46.0 Å². The molecule has 290 valence electrons. The minimum atomic E-state index is -5.08. The van der Waals surface area contributed by atoms with Gasteiger partial charge in [0.15, 0.2) is 6.61 Å². The molecule has 0 radical (unpaired) electrons. The van der Waals surface area contributed by atoms with Crippen molar-refractivity contribution in [2.45, 2.75) is 76.4 Å². The lowest BCUT2D eigenvalue weighted by Gasteiger charge is -2.09. The SMILES string of the molecule is C[C@@H](N)CCNCCCCNC(=O)OCC(=O)NCCCCCCN=CNN.O=C(O)C(F)(F)F.O=C(O)C(F)(F)F.O=C(O)C(F)(F)F. The van der Waals surface area contributed by atoms with Crippen LogP contribution in [0, 0.1) is 0 Å². The summed E-state index contributed by atoms with van der Waals surface area (Å²) >= 11 is 0. The third kappa shape index (κ3) is 46.0. The van der Waals surface area contributed by atoms with Gasteiger partial charge < -0.3 is 47.2 Å². The standard InChI is InChI=1S/C18H39N7O3.3C2HF3O2/c1-16(19)8-13-21-9-6-7-12-24-18(27)28-14-17(26)23-11-5-3-2-4-10-22-15-25-20;3*3-2(4,5)1(6)7/h15-16,21H,2-14,19-20H2,1H3,(H,22,25)(H,23,26)(H,24,27);3*(H,6,7)/t16-;;;/m1.../s1. The van der Waals surface area contributed by atoms with E-state index in [1.54, 1.807) is 0 Å². The molecule has 1 atom stereocenters. The number of halogens is 9. The van der Waals surface area contributed by atoms with Crippen molar-refractivity contribution >= 4 is 36.2 Å². The molecular formula is C24H42F9N7O9. The largest absolute Gasteiger partial charge is 0.490 e. The number of ether oxygens (including phenoxy) is 1. The van der Waals surface area contributed by atoms with Crippen molar-refractivity contribution in [3.05, 3.63) is 0 Å². The van der Waals surface area contributed by atoms with Crippen LogP contribution in [-0.2, 0) is 23.9 Å². The summed E-state index contributed by atoms with van der Waals surface area (Å²) in [6.45, 7) is 5.37. The number of nitrogens with zero attached hydrogens (tertiary/aromatic N) is 1. The van der Waals surface area contributed by atoms with Crippen LogP contribution >= 0.6 is 0 Å². The number of alkyl halides is 9. The maximum Gasteiger partial charge on any atom is 0.490 e. The van der Waals surface area contributed by atoms with Crippen molar-refractivity contribution < 1.29 is 83.5 Å². The Labute approximate surface area is 274 Å². The lowest BCUT2D eigenvalue weighted by Crippen LogP contribution is -2.33. The number of amides is 2. The number of carbonyl (C=O) groups excluding carboxylic acids is 2. The Hall–Kier alpha value is -4.13. The summed E-state index contributed by atoms with van der Waals surface area (Å²) in [4.78, 5) is 53.8. The van der Waals surface area contributed by atoms with Gasteiger partial charge in [-0.2, -0.15) is 39.5 Å². The van der Waals surface area contributed by atoms with E-state index in [2.05, 4.69) is 26.4 Å². The smallest absolute Gasteiger partial charge is 0.475 e. The first-order valence-electron chi connectivity index (χ1n) is 13.9. The number of aliphatic imine (C=N–C) groups is 1. The van der Waals surface area contributed by atoms with Crippen LogP contribution < -0.4 is 33.0 Å². The van der Waals surface area contributed by atoms with E-state index < -0.39 is 42.5 Å². The number of aliphatic carboxylic acids is 3. The monoisotopic (exact) mass is 743 g/mol. The average Bonchev–Trinajstić information content (AvgIpc) is 2.96. The molecule has 0 bridgehead atoms. The zero-order chi connectivity index (χ0) is 39.1. The Morgan fingerprint density at radius 2 is 1.12 bits per heavy atom. The van der Waals surface area contributed by atoms with Gasteiger partial charge in [-0.05, 0) is 52.1 Å². The van der Waals surface area contributed by atoms with E-state index in [1.807, 2.05) is 6.92 Å². The lowest BCUT2D eigenvalue weighted by atomic mass is 10.2. The summed E-state index contributed by atoms with van der Waals surface area (Å²) in [5, 5.41) is 30.0. The fraction of sp³-hybridized carbons (Fsp3) is 0.750. The zero-order valence-electron chi connectivity index (χ0n) is 26.1. The molecule has 2 amide bonds. The molecule has 0 aromatic rings. The molecule has 0 aliphatic heterocycles. The molecule has 0 saturated carbocycles. The minimum Gasteiger partial charge on any atom is -0.475 e. The summed E-state index contributed by atoms with van der Waals surface area (Å²) in [5.74, 6) is -3.50. The van der Waals surface area contributed by atoms with E-state index in [0.29, 0.717) is 13.1 Å². The van der Waals surface area contributed by atoms with Gasteiger partial charge in [0.05, 0.1) is 6.34 Å². The molecule has 0 spiro atoms. The fourth-order valence-corrected chi connectivity index (χ4v) is 2.28. The third-order valence-corrected chi connectivity index (χ3v) is 4.59. The molecule has 25 heteroatoms. The van der Waals surface area contributed by atoms with Gasteiger partial charge in [0.2, 0.25) is 0 Å². The highest BCUT2D eigenvalue weighted by molar-refractivity contribution is 5.80. The van der Waals surface area contributed by atoms with Crippen LogP contribution in [0.5, 0.6) is 0 Å². The Bertz CT molecular complexity index is 896. The number of carboxylic acids is 3. The summed E-state index contributed by atoms with van der Waals surface area (Å²) in [6.07, 6.45) is -7.67. The predicted octanol–water partition coefficient (Wildman–Crippen LogP) is 1.89. The second-order valence-electron chi connectivity index (χ2n) is 9.10. The van der Waals surface area contributed by atoms with E-state index in [1.165, 1.54) is 6.34 Å². The number of unbranched alkanes of at least 4 members (excludes halogenated alkanes) is 4. The molecular weight excluding hydrogens is 701 g/mol. The quantitative estimate of drug-likeness (QED) is 0.0243. The number of carboxylic acid groups (broad SMARTS) is 3. The van der Waals surface area contributed by atoms with Crippen molar-refractivity contribution in [1.82, 2.24) is 21.4 Å². The molecule has 0 rings (SSSR count). The van der Waals surface area contributed by atoms with Crippen LogP contribution in [0.1, 0.15) is 51.9 Å². The van der Waals surface area contributed by atoms with Gasteiger partial charge in [0.1, 0.15) is 0 Å². The maximum absolute atomic E-state index is 11.6. The molecule has 0 heterocycles. The Morgan fingerprint density at radius 3 is 1.55 bits per heavy atom. The number of hydrogen-bond acceptors (Lipinski definition) is 10. The van der Waals surface area contributed by atoms with Gasteiger partial charge in [0, 0.05) is 25.7 Å². The molecule has 0 saturated heterocycles. The number of hydrogen-bond donors (Lipinski definition) is 9. The van der Waals surface area contributed by atoms with Gasteiger partial charge in [0.25, 0.3) is 5.91 Å². The molecule has 11 N–H and O–H groups in total. The first kappa shape index (κ1) is 51.7. The van der Waals surface area contributed by atoms with Gasteiger partial charge in [-0.15, -0.1) is 0 Å². The molecule has 0 aromatic carbocycles. The summed E-state index contributed by atoms with van der Waals surface area (Å²) in [5.41, 5.74) is 8.02. The van der Waals surface area contributed by atoms with E-state index >= 15 is 0 Å². The first-order chi connectivity index (χ1) is 22.4. The van der Waals surface area contributed by atoms with Gasteiger partial charge in [-0.25, -0.2) is 25.0 Å². The van der Waals surface area contributed by atoms with Crippen molar-refractivity contribution in [2.24, 2.45) is 16.6 Å². The maximum atomic E-state index is 11.6. The van der Waals surface area contributed by atoms with Crippen molar-refractivity contribution in [1.29, 1.82) is 0 Å².